The number of guanidine groups is 1. The van der Waals surface area contributed by atoms with Crippen LogP contribution in [0.25, 0.3) is 11.5 Å². The van der Waals surface area contributed by atoms with Gasteiger partial charge in [-0.15, -0.1) is 24.0 Å². The van der Waals surface area contributed by atoms with Gasteiger partial charge in [-0.2, -0.15) is 0 Å². The number of hydrogen-bond donors (Lipinski definition) is 1. The van der Waals surface area contributed by atoms with Crippen LogP contribution in [0, 0.1) is 6.92 Å². The fraction of sp³-hybridized carbons (Fsp3) is 0.522. The van der Waals surface area contributed by atoms with Crippen LogP contribution in [-0.2, 0) is 11.3 Å². The summed E-state index contributed by atoms with van der Waals surface area (Å²) < 4.78 is 5.65. The van der Waals surface area contributed by atoms with Gasteiger partial charge < -0.3 is 19.5 Å². The van der Waals surface area contributed by atoms with E-state index in [2.05, 4.69) is 44.1 Å². The fourth-order valence-electron chi connectivity index (χ4n) is 4.09. The van der Waals surface area contributed by atoms with Gasteiger partial charge in [-0.05, 0) is 31.9 Å². The SMILES string of the molecule is CN=C(NCc1coc(-c2ccc(C)cc2)n1)N1CCN(CC(=O)N2CCCC2)CC1.I. The number of halogens is 1. The first-order valence-electron chi connectivity index (χ1n) is 11.1. The second-order valence-electron chi connectivity index (χ2n) is 8.26. The molecule has 3 heterocycles. The summed E-state index contributed by atoms with van der Waals surface area (Å²) in [5.74, 6) is 1.75. The van der Waals surface area contributed by atoms with E-state index in [0.29, 0.717) is 19.0 Å². The van der Waals surface area contributed by atoms with Crippen LogP contribution in [0.4, 0.5) is 0 Å². The molecule has 0 radical (unpaired) electrons. The van der Waals surface area contributed by atoms with Crippen molar-refractivity contribution in [1.82, 2.24) is 25.0 Å². The molecule has 1 amide bonds. The number of aromatic nitrogens is 1. The first-order chi connectivity index (χ1) is 15.1. The number of aliphatic imine (C=N–C) groups is 1. The first kappa shape index (κ1) is 24.5. The molecule has 0 bridgehead atoms. The molecule has 0 saturated carbocycles. The molecular formula is C23H33IN6O2. The van der Waals surface area contributed by atoms with E-state index >= 15 is 0 Å². The standard InChI is InChI=1S/C23H32N6O2.HI/c1-18-5-7-19(8-6-18)22-26-20(17-31-22)15-25-23(24-2)29-13-11-27(12-14-29)16-21(30)28-9-3-4-10-28;/h5-8,17H,3-4,9-16H2,1-2H3,(H,24,25);1H. The Kier molecular flexibility index (Phi) is 8.92. The molecule has 8 nitrogen and oxygen atoms in total. The highest BCUT2D eigenvalue weighted by molar-refractivity contribution is 14.0. The van der Waals surface area contributed by atoms with Gasteiger partial charge in [0.05, 0.1) is 18.8 Å². The highest BCUT2D eigenvalue weighted by Crippen LogP contribution is 2.19. The lowest BCUT2D eigenvalue weighted by Gasteiger charge is -2.36. The molecule has 4 rings (SSSR count). The summed E-state index contributed by atoms with van der Waals surface area (Å²) >= 11 is 0. The molecule has 174 valence electrons. The number of benzene rings is 1. The number of piperazine rings is 1. The molecular weight excluding hydrogens is 519 g/mol. The average molecular weight is 552 g/mol. The van der Waals surface area contributed by atoms with E-state index in [1.807, 2.05) is 17.0 Å². The molecule has 1 N–H and O–H groups in total. The molecule has 1 aromatic carbocycles. The van der Waals surface area contributed by atoms with Gasteiger partial charge in [-0.25, -0.2) is 4.98 Å². The second kappa shape index (κ2) is 11.6. The summed E-state index contributed by atoms with van der Waals surface area (Å²) in [5, 5.41) is 3.39. The van der Waals surface area contributed by atoms with Crippen molar-refractivity contribution in [2.75, 3.05) is 52.9 Å². The van der Waals surface area contributed by atoms with Crippen molar-refractivity contribution in [2.24, 2.45) is 4.99 Å². The van der Waals surface area contributed by atoms with Crippen molar-refractivity contribution in [1.29, 1.82) is 0 Å². The van der Waals surface area contributed by atoms with Gasteiger partial charge in [-0.3, -0.25) is 14.7 Å². The van der Waals surface area contributed by atoms with Crippen molar-refractivity contribution in [3.63, 3.8) is 0 Å². The van der Waals surface area contributed by atoms with Crippen molar-refractivity contribution in [3.05, 3.63) is 41.8 Å². The van der Waals surface area contributed by atoms with E-state index in [1.165, 1.54) is 5.56 Å². The Balaban J connectivity index is 0.00000289. The number of rotatable bonds is 5. The molecule has 0 atom stereocenters. The highest BCUT2D eigenvalue weighted by Gasteiger charge is 2.24. The number of likely N-dealkylation sites (tertiary alicyclic amines) is 1. The third-order valence-corrected chi connectivity index (χ3v) is 5.98. The van der Waals surface area contributed by atoms with Gasteiger partial charge in [0.25, 0.3) is 0 Å². The highest BCUT2D eigenvalue weighted by atomic mass is 127. The summed E-state index contributed by atoms with van der Waals surface area (Å²) in [6, 6.07) is 8.14. The molecule has 32 heavy (non-hydrogen) atoms. The van der Waals surface area contributed by atoms with Gasteiger partial charge in [-0.1, -0.05) is 17.7 Å². The zero-order valence-corrected chi connectivity index (χ0v) is 21.2. The van der Waals surface area contributed by atoms with Crippen LogP contribution in [0.5, 0.6) is 0 Å². The summed E-state index contributed by atoms with van der Waals surface area (Å²) in [5.41, 5.74) is 3.02. The van der Waals surface area contributed by atoms with Crippen LogP contribution in [0.15, 0.2) is 39.9 Å². The van der Waals surface area contributed by atoms with E-state index < -0.39 is 0 Å². The van der Waals surface area contributed by atoms with Gasteiger partial charge in [0.15, 0.2) is 5.96 Å². The molecule has 2 saturated heterocycles. The van der Waals surface area contributed by atoms with Crippen molar-refractivity contribution in [3.8, 4) is 11.5 Å². The molecule has 2 aromatic rings. The number of oxazole rings is 1. The maximum atomic E-state index is 12.4. The Labute approximate surface area is 207 Å². The van der Waals surface area contributed by atoms with E-state index in [-0.39, 0.29) is 29.9 Å². The summed E-state index contributed by atoms with van der Waals surface area (Å²) in [6.45, 7) is 8.40. The Morgan fingerprint density at radius 1 is 1.06 bits per heavy atom. The fourth-order valence-corrected chi connectivity index (χ4v) is 4.09. The van der Waals surface area contributed by atoms with Crippen molar-refractivity contribution < 1.29 is 9.21 Å². The number of nitrogens with one attached hydrogen (secondary N) is 1. The minimum atomic E-state index is 0. The van der Waals surface area contributed by atoms with E-state index in [9.17, 15) is 4.79 Å². The monoisotopic (exact) mass is 552 g/mol. The van der Waals surface area contributed by atoms with E-state index in [4.69, 9.17) is 4.42 Å². The van der Waals surface area contributed by atoms with Crippen LogP contribution in [0.2, 0.25) is 0 Å². The number of hydrogen-bond acceptors (Lipinski definition) is 5. The minimum Gasteiger partial charge on any atom is -0.444 e. The molecule has 0 spiro atoms. The lowest BCUT2D eigenvalue weighted by molar-refractivity contribution is -0.131. The maximum Gasteiger partial charge on any atom is 0.236 e. The Morgan fingerprint density at radius 2 is 1.75 bits per heavy atom. The quantitative estimate of drug-likeness (QED) is 0.349. The van der Waals surface area contributed by atoms with Crippen LogP contribution >= 0.6 is 24.0 Å². The summed E-state index contributed by atoms with van der Waals surface area (Å²) in [7, 11) is 1.80. The maximum absolute atomic E-state index is 12.4. The van der Waals surface area contributed by atoms with Gasteiger partial charge >= 0.3 is 0 Å². The predicted octanol–water partition coefficient (Wildman–Crippen LogP) is 2.58. The summed E-state index contributed by atoms with van der Waals surface area (Å²) in [4.78, 5) is 27.9. The molecule has 1 aromatic heterocycles. The number of carbonyl (C=O) groups excluding carboxylic acids is 1. The number of amides is 1. The Bertz CT molecular complexity index is 899. The van der Waals surface area contributed by atoms with Crippen LogP contribution < -0.4 is 5.32 Å². The van der Waals surface area contributed by atoms with Gasteiger partial charge in [0.1, 0.15) is 6.26 Å². The first-order valence-corrected chi connectivity index (χ1v) is 11.1. The molecule has 0 aliphatic carbocycles. The van der Waals surface area contributed by atoms with E-state index in [0.717, 1.165) is 69.3 Å². The largest absolute Gasteiger partial charge is 0.444 e. The Hall–Kier alpha value is -2.14. The number of carbonyl (C=O) groups is 1. The third-order valence-electron chi connectivity index (χ3n) is 5.98. The molecule has 2 aliphatic heterocycles. The topological polar surface area (TPSA) is 77.2 Å². The van der Waals surface area contributed by atoms with Gasteiger partial charge in [0.2, 0.25) is 11.8 Å². The lowest BCUT2D eigenvalue weighted by Crippen LogP contribution is -2.54. The van der Waals surface area contributed by atoms with Crippen LogP contribution in [-0.4, -0.2) is 84.4 Å². The minimum absolute atomic E-state index is 0. The normalized spacial score (nSPS) is 17.4. The molecule has 2 fully saturated rings. The summed E-state index contributed by atoms with van der Waals surface area (Å²) in [6.07, 6.45) is 3.97. The van der Waals surface area contributed by atoms with Gasteiger partial charge in [0, 0.05) is 51.9 Å². The van der Waals surface area contributed by atoms with E-state index in [1.54, 1.807) is 13.3 Å². The number of aryl methyl sites for hydroxylation is 1. The smallest absolute Gasteiger partial charge is 0.236 e. The predicted molar refractivity (Wildman–Crippen MR) is 136 cm³/mol. The Morgan fingerprint density at radius 3 is 2.41 bits per heavy atom. The molecule has 9 heteroatoms. The average Bonchev–Trinajstić information content (AvgIpc) is 3.48. The van der Waals surface area contributed by atoms with Crippen LogP contribution in [0.1, 0.15) is 24.1 Å². The molecule has 0 unspecified atom stereocenters. The third kappa shape index (κ3) is 6.22. The van der Waals surface area contributed by atoms with Crippen molar-refractivity contribution >= 4 is 35.8 Å². The zero-order chi connectivity index (χ0) is 21.6. The zero-order valence-electron chi connectivity index (χ0n) is 18.9. The second-order valence-corrected chi connectivity index (χ2v) is 8.26. The van der Waals surface area contributed by atoms with Crippen LogP contribution in [0.3, 0.4) is 0 Å². The van der Waals surface area contributed by atoms with Crippen molar-refractivity contribution in [2.45, 2.75) is 26.3 Å². The number of nitrogens with zero attached hydrogens (tertiary/aromatic N) is 5. The lowest BCUT2D eigenvalue weighted by atomic mass is 10.1. The molecule has 2 aliphatic rings.